The molecule has 33 heavy (non-hydrogen) atoms. The zero-order chi connectivity index (χ0) is 23.1. The van der Waals surface area contributed by atoms with E-state index in [1.807, 2.05) is 86.6 Å². The number of pyridine rings is 1. The minimum Gasteiger partial charge on any atom is -0.321 e. The number of nitrogens with zero attached hydrogens (tertiary/aromatic N) is 2. The fraction of sp³-hybridized carbons (Fsp3) is 0.179. The smallest absolute Gasteiger partial charge is 0.258 e. The van der Waals surface area contributed by atoms with Crippen molar-refractivity contribution in [2.45, 2.75) is 33.2 Å². The SMILES string of the molecule is CC(=O)N1N=C(c2c(-c3ccccc3)c3ccc(C)cc3[nH]c2=O)CC1c1ccccc1C. The molecule has 5 rings (SSSR count). The number of carbonyl (C=O) groups excluding carboxylic acids is 1. The number of H-pyrrole nitrogens is 1. The van der Waals surface area contributed by atoms with Crippen molar-refractivity contribution in [1.82, 2.24) is 9.99 Å². The Morgan fingerprint density at radius 3 is 2.42 bits per heavy atom. The minimum absolute atomic E-state index is 0.146. The van der Waals surface area contributed by atoms with Gasteiger partial charge in [0.2, 0.25) is 5.91 Å². The largest absolute Gasteiger partial charge is 0.321 e. The summed E-state index contributed by atoms with van der Waals surface area (Å²) >= 11 is 0. The molecule has 1 atom stereocenters. The molecule has 0 saturated heterocycles. The van der Waals surface area contributed by atoms with Crippen molar-refractivity contribution in [2.75, 3.05) is 0 Å². The summed E-state index contributed by atoms with van der Waals surface area (Å²) in [6.07, 6.45) is 0.477. The van der Waals surface area contributed by atoms with E-state index < -0.39 is 0 Å². The zero-order valence-electron chi connectivity index (χ0n) is 18.9. The van der Waals surface area contributed by atoms with Crippen LogP contribution in [-0.4, -0.2) is 21.6 Å². The molecular formula is C28H25N3O2. The predicted octanol–water partition coefficient (Wildman–Crippen LogP) is 5.51. The van der Waals surface area contributed by atoms with E-state index in [9.17, 15) is 9.59 Å². The van der Waals surface area contributed by atoms with Gasteiger partial charge in [0.15, 0.2) is 0 Å². The second-order valence-corrected chi connectivity index (χ2v) is 8.61. The van der Waals surface area contributed by atoms with E-state index in [0.717, 1.165) is 38.7 Å². The Kier molecular flexibility index (Phi) is 5.17. The first-order valence-corrected chi connectivity index (χ1v) is 11.1. The molecular weight excluding hydrogens is 410 g/mol. The molecule has 0 radical (unpaired) electrons. The second-order valence-electron chi connectivity index (χ2n) is 8.61. The quantitative estimate of drug-likeness (QED) is 0.461. The van der Waals surface area contributed by atoms with Crippen molar-refractivity contribution in [3.63, 3.8) is 0 Å². The van der Waals surface area contributed by atoms with Crippen molar-refractivity contribution in [3.05, 3.63) is 105 Å². The summed E-state index contributed by atoms with van der Waals surface area (Å²) in [5.74, 6) is -0.146. The number of amides is 1. The maximum absolute atomic E-state index is 13.5. The number of nitrogens with one attached hydrogen (secondary N) is 1. The Balaban J connectivity index is 1.75. The summed E-state index contributed by atoms with van der Waals surface area (Å²) < 4.78 is 0. The Morgan fingerprint density at radius 2 is 1.70 bits per heavy atom. The van der Waals surface area contributed by atoms with Crippen LogP contribution in [-0.2, 0) is 4.79 Å². The lowest BCUT2D eigenvalue weighted by molar-refractivity contribution is -0.130. The molecule has 0 bridgehead atoms. The van der Waals surface area contributed by atoms with Crippen molar-refractivity contribution in [1.29, 1.82) is 0 Å². The average Bonchev–Trinajstić information content (AvgIpc) is 3.24. The number of fused-ring (bicyclic) bond motifs is 1. The molecule has 0 spiro atoms. The van der Waals surface area contributed by atoms with Crippen LogP contribution in [0.2, 0.25) is 0 Å². The monoisotopic (exact) mass is 435 g/mol. The van der Waals surface area contributed by atoms with Crippen LogP contribution in [0.3, 0.4) is 0 Å². The number of aromatic amines is 1. The van der Waals surface area contributed by atoms with Crippen molar-refractivity contribution in [3.8, 4) is 11.1 Å². The van der Waals surface area contributed by atoms with Crippen LogP contribution in [0.4, 0.5) is 0 Å². The van der Waals surface area contributed by atoms with E-state index in [-0.39, 0.29) is 17.5 Å². The third-order valence-electron chi connectivity index (χ3n) is 6.30. The van der Waals surface area contributed by atoms with Crippen LogP contribution in [0.25, 0.3) is 22.0 Å². The maximum atomic E-state index is 13.5. The maximum Gasteiger partial charge on any atom is 0.258 e. The highest BCUT2D eigenvalue weighted by Gasteiger charge is 2.34. The van der Waals surface area contributed by atoms with E-state index in [1.54, 1.807) is 0 Å². The molecule has 4 aromatic rings. The summed E-state index contributed by atoms with van der Waals surface area (Å²) in [5, 5.41) is 7.18. The van der Waals surface area contributed by atoms with Crippen molar-refractivity contribution >= 4 is 22.5 Å². The Labute approximate surface area is 192 Å². The fourth-order valence-electron chi connectivity index (χ4n) is 4.75. The van der Waals surface area contributed by atoms with E-state index in [2.05, 4.69) is 4.98 Å². The van der Waals surface area contributed by atoms with Crippen molar-refractivity contribution in [2.24, 2.45) is 5.10 Å². The molecule has 5 heteroatoms. The number of aryl methyl sites for hydroxylation is 2. The van der Waals surface area contributed by atoms with Crippen LogP contribution < -0.4 is 5.56 Å². The molecule has 0 fully saturated rings. The highest BCUT2D eigenvalue weighted by atomic mass is 16.2. The molecule has 1 N–H and O–H groups in total. The zero-order valence-corrected chi connectivity index (χ0v) is 18.9. The average molecular weight is 436 g/mol. The molecule has 1 unspecified atom stereocenters. The van der Waals surface area contributed by atoms with E-state index in [1.165, 1.54) is 11.9 Å². The van der Waals surface area contributed by atoms with E-state index in [4.69, 9.17) is 5.10 Å². The number of hydrogen-bond acceptors (Lipinski definition) is 3. The van der Waals surface area contributed by atoms with Gasteiger partial charge in [-0.1, -0.05) is 66.7 Å². The van der Waals surface area contributed by atoms with Gasteiger partial charge >= 0.3 is 0 Å². The summed E-state index contributed by atoms with van der Waals surface area (Å²) in [5.41, 5.74) is 6.76. The van der Waals surface area contributed by atoms with Crippen LogP contribution in [0.1, 0.15) is 41.6 Å². The van der Waals surface area contributed by atoms with E-state index >= 15 is 0 Å². The lowest BCUT2D eigenvalue weighted by Crippen LogP contribution is -2.24. The first kappa shape index (κ1) is 20.9. The summed E-state index contributed by atoms with van der Waals surface area (Å²) in [6, 6.07) is 23.8. The number of carbonyl (C=O) groups is 1. The minimum atomic E-state index is -0.240. The molecule has 1 aliphatic heterocycles. The Morgan fingerprint density at radius 1 is 0.970 bits per heavy atom. The van der Waals surface area contributed by atoms with Gasteiger partial charge in [0, 0.05) is 29.8 Å². The van der Waals surface area contributed by atoms with Gasteiger partial charge in [-0.25, -0.2) is 5.01 Å². The fourth-order valence-corrected chi connectivity index (χ4v) is 4.75. The molecule has 0 saturated carbocycles. The van der Waals surface area contributed by atoms with E-state index in [0.29, 0.717) is 17.7 Å². The summed E-state index contributed by atoms with van der Waals surface area (Å²) in [4.78, 5) is 29.1. The number of hydrazone groups is 1. The first-order chi connectivity index (χ1) is 15.9. The van der Waals surface area contributed by atoms with Gasteiger partial charge in [-0.3, -0.25) is 9.59 Å². The van der Waals surface area contributed by atoms with Gasteiger partial charge in [-0.15, -0.1) is 0 Å². The molecule has 1 aromatic heterocycles. The highest BCUT2D eigenvalue weighted by molar-refractivity contribution is 6.12. The molecule has 5 nitrogen and oxygen atoms in total. The van der Waals surface area contributed by atoms with Crippen LogP contribution in [0.5, 0.6) is 0 Å². The Hall–Kier alpha value is -3.99. The topological polar surface area (TPSA) is 65.5 Å². The second kappa shape index (κ2) is 8.17. The van der Waals surface area contributed by atoms with Crippen LogP contribution in [0, 0.1) is 13.8 Å². The van der Waals surface area contributed by atoms with Gasteiger partial charge < -0.3 is 4.98 Å². The number of rotatable bonds is 3. The molecule has 2 heterocycles. The lowest BCUT2D eigenvalue weighted by atomic mass is 9.90. The summed E-state index contributed by atoms with van der Waals surface area (Å²) in [6.45, 7) is 5.56. The molecule has 164 valence electrons. The third-order valence-corrected chi connectivity index (χ3v) is 6.30. The number of hydrogen-bond donors (Lipinski definition) is 1. The van der Waals surface area contributed by atoms with Gasteiger partial charge in [0.25, 0.3) is 5.56 Å². The highest BCUT2D eigenvalue weighted by Crippen LogP contribution is 2.37. The molecule has 0 aliphatic carbocycles. The number of benzene rings is 3. The molecule has 1 amide bonds. The molecule has 1 aliphatic rings. The standard InChI is InChI=1S/C28H25N3O2/c1-17-13-14-22-23(15-17)29-28(33)27(26(22)20-10-5-4-6-11-20)24-16-25(31(30-24)19(3)32)21-12-8-7-9-18(21)2/h4-15,25H,16H2,1-3H3,(H,29,33). The Bertz CT molecular complexity index is 1470. The van der Waals surface area contributed by atoms with Gasteiger partial charge in [0.05, 0.1) is 17.3 Å². The van der Waals surface area contributed by atoms with Gasteiger partial charge in [0.1, 0.15) is 0 Å². The number of aromatic nitrogens is 1. The third kappa shape index (κ3) is 3.65. The van der Waals surface area contributed by atoms with Crippen LogP contribution >= 0.6 is 0 Å². The van der Waals surface area contributed by atoms with Gasteiger partial charge in [-0.2, -0.15) is 5.10 Å². The van der Waals surface area contributed by atoms with Gasteiger partial charge in [-0.05, 0) is 42.2 Å². The summed E-state index contributed by atoms with van der Waals surface area (Å²) in [7, 11) is 0. The predicted molar refractivity (Wildman–Crippen MR) is 132 cm³/mol. The lowest BCUT2D eigenvalue weighted by Gasteiger charge is -2.22. The van der Waals surface area contributed by atoms with Crippen LogP contribution in [0.15, 0.2) is 82.7 Å². The molecule has 3 aromatic carbocycles. The normalized spacial score (nSPS) is 15.7. The first-order valence-electron chi connectivity index (χ1n) is 11.1. The van der Waals surface area contributed by atoms with Crippen molar-refractivity contribution < 1.29 is 4.79 Å².